The van der Waals surface area contributed by atoms with Crippen LogP contribution in [0.3, 0.4) is 0 Å². The first-order valence-corrected chi connectivity index (χ1v) is 6.12. The smallest absolute Gasteiger partial charge is 0.213 e. The van der Waals surface area contributed by atoms with Gasteiger partial charge >= 0.3 is 0 Å². The Balaban J connectivity index is 2.14. The van der Waals surface area contributed by atoms with E-state index in [9.17, 15) is 8.78 Å². The average Bonchev–Trinajstić information content (AvgIpc) is 2.82. The third-order valence-electron chi connectivity index (χ3n) is 3.02. The Kier molecular flexibility index (Phi) is 2.71. The lowest BCUT2D eigenvalue weighted by Crippen LogP contribution is -2.09. The summed E-state index contributed by atoms with van der Waals surface area (Å²) in [6.45, 7) is 0. The molecule has 3 nitrogen and oxygen atoms in total. The summed E-state index contributed by atoms with van der Waals surface area (Å²) in [7, 11) is 0. The SMILES string of the molecule is Fc1ccc(Cl)cc1C1CC(F)c2nc(=S)[nH]n21. The van der Waals surface area contributed by atoms with Gasteiger partial charge in [-0.15, -0.1) is 0 Å². The molecule has 1 aromatic carbocycles. The molecule has 2 heterocycles. The zero-order valence-electron chi connectivity index (χ0n) is 9.03. The van der Waals surface area contributed by atoms with Gasteiger partial charge in [0.15, 0.2) is 12.0 Å². The minimum absolute atomic E-state index is 0.131. The van der Waals surface area contributed by atoms with Crippen LogP contribution in [-0.2, 0) is 0 Å². The van der Waals surface area contributed by atoms with Gasteiger partial charge in [-0.3, -0.25) is 9.78 Å². The Bertz CT molecular complexity index is 667. The van der Waals surface area contributed by atoms with E-state index in [1.807, 2.05) is 0 Å². The Morgan fingerprint density at radius 3 is 3.06 bits per heavy atom. The third kappa shape index (κ3) is 1.76. The molecule has 1 aliphatic rings. The van der Waals surface area contributed by atoms with Crippen molar-refractivity contribution in [1.29, 1.82) is 0 Å². The highest BCUT2D eigenvalue weighted by atomic mass is 35.5. The number of rotatable bonds is 1. The summed E-state index contributed by atoms with van der Waals surface area (Å²) in [5.74, 6) is -0.207. The first-order valence-electron chi connectivity index (χ1n) is 5.33. The Labute approximate surface area is 111 Å². The van der Waals surface area contributed by atoms with Crippen LogP contribution in [-0.4, -0.2) is 14.8 Å². The van der Waals surface area contributed by atoms with Crippen molar-refractivity contribution >= 4 is 23.8 Å². The van der Waals surface area contributed by atoms with Crippen LogP contribution in [0.4, 0.5) is 8.78 Å². The van der Waals surface area contributed by atoms with Crippen molar-refractivity contribution < 1.29 is 8.78 Å². The van der Waals surface area contributed by atoms with Crippen LogP contribution in [0, 0.1) is 10.6 Å². The van der Waals surface area contributed by atoms with Crippen molar-refractivity contribution in [2.75, 3.05) is 0 Å². The van der Waals surface area contributed by atoms with Gasteiger partial charge in [0.2, 0.25) is 4.77 Å². The second kappa shape index (κ2) is 4.13. The zero-order valence-corrected chi connectivity index (χ0v) is 10.6. The summed E-state index contributed by atoms with van der Waals surface area (Å²) in [4.78, 5) is 3.89. The molecule has 0 saturated carbocycles. The minimum atomic E-state index is -1.25. The second-order valence-corrected chi connectivity index (χ2v) is 4.96. The topological polar surface area (TPSA) is 33.6 Å². The number of aromatic nitrogens is 3. The lowest BCUT2D eigenvalue weighted by atomic mass is 10.0. The average molecular weight is 288 g/mol. The second-order valence-electron chi connectivity index (χ2n) is 4.14. The number of aromatic amines is 1. The van der Waals surface area contributed by atoms with Gasteiger partial charge in [0.05, 0.1) is 6.04 Å². The Morgan fingerprint density at radius 1 is 1.50 bits per heavy atom. The van der Waals surface area contributed by atoms with Gasteiger partial charge in [-0.05, 0) is 30.4 Å². The van der Waals surface area contributed by atoms with Crippen molar-refractivity contribution in [1.82, 2.24) is 14.8 Å². The van der Waals surface area contributed by atoms with Gasteiger partial charge in [-0.1, -0.05) is 11.6 Å². The summed E-state index contributed by atoms with van der Waals surface area (Å²) in [5.41, 5.74) is 0.340. The monoisotopic (exact) mass is 287 g/mol. The molecule has 0 amide bonds. The molecule has 0 spiro atoms. The van der Waals surface area contributed by atoms with Crippen LogP contribution in [0.25, 0.3) is 0 Å². The van der Waals surface area contributed by atoms with E-state index in [2.05, 4.69) is 10.1 Å². The van der Waals surface area contributed by atoms with Gasteiger partial charge in [0, 0.05) is 17.0 Å². The van der Waals surface area contributed by atoms with Gasteiger partial charge in [0.25, 0.3) is 0 Å². The predicted octanol–water partition coefficient (Wildman–Crippen LogP) is 3.74. The van der Waals surface area contributed by atoms with E-state index >= 15 is 0 Å². The van der Waals surface area contributed by atoms with Crippen LogP contribution in [0.15, 0.2) is 18.2 Å². The van der Waals surface area contributed by atoms with E-state index in [0.29, 0.717) is 10.6 Å². The highest BCUT2D eigenvalue weighted by Gasteiger charge is 2.35. The number of hydrogen-bond donors (Lipinski definition) is 1. The molecule has 0 fully saturated rings. The number of hydrogen-bond acceptors (Lipinski definition) is 2. The highest BCUT2D eigenvalue weighted by molar-refractivity contribution is 7.71. The third-order valence-corrected chi connectivity index (χ3v) is 3.44. The van der Waals surface area contributed by atoms with Crippen molar-refractivity contribution in [3.8, 4) is 0 Å². The Hall–Kier alpha value is -1.27. The summed E-state index contributed by atoms with van der Waals surface area (Å²) >= 11 is 10.7. The molecule has 1 aromatic heterocycles. The van der Waals surface area contributed by atoms with Crippen molar-refractivity contribution in [2.45, 2.75) is 18.6 Å². The maximum atomic E-state index is 13.8. The molecule has 94 valence electrons. The Morgan fingerprint density at radius 2 is 2.28 bits per heavy atom. The van der Waals surface area contributed by atoms with Crippen molar-refractivity contribution in [2.24, 2.45) is 0 Å². The molecule has 1 N–H and O–H groups in total. The maximum Gasteiger partial charge on any atom is 0.213 e. The largest absolute Gasteiger partial charge is 0.270 e. The summed E-state index contributed by atoms with van der Waals surface area (Å²) < 4.78 is 29.3. The van der Waals surface area contributed by atoms with E-state index in [0.717, 1.165) is 0 Å². The molecule has 0 aliphatic carbocycles. The van der Waals surface area contributed by atoms with Crippen molar-refractivity contribution in [3.05, 3.63) is 45.2 Å². The minimum Gasteiger partial charge on any atom is -0.270 e. The molecular weight excluding hydrogens is 280 g/mol. The number of alkyl halides is 1. The summed E-state index contributed by atoms with van der Waals surface area (Å²) in [5, 5.41) is 3.16. The number of H-pyrrole nitrogens is 1. The highest BCUT2D eigenvalue weighted by Crippen LogP contribution is 2.40. The number of benzene rings is 1. The van der Waals surface area contributed by atoms with Gasteiger partial charge in [-0.25, -0.2) is 13.8 Å². The number of nitrogens with one attached hydrogen (secondary N) is 1. The molecule has 7 heteroatoms. The quantitative estimate of drug-likeness (QED) is 0.811. The van der Waals surface area contributed by atoms with E-state index in [-0.39, 0.29) is 17.0 Å². The van der Waals surface area contributed by atoms with Crippen LogP contribution in [0.2, 0.25) is 5.02 Å². The molecule has 2 atom stereocenters. The molecule has 3 rings (SSSR count). The predicted molar refractivity (Wildman–Crippen MR) is 65.4 cm³/mol. The summed E-state index contributed by atoms with van der Waals surface area (Å²) in [6.07, 6.45) is -1.12. The van der Waals surface area contributed by atoms with Gasteiger partial charge in [0.1, 0.15) is 5.82 Å². The fraction of sp³-hybridized carbons (Fsp3) is 0.273. The number of fused-ring (bicyclic) bond motifs is 1. The van der Waals surface area contributed by atoms with Crippen LogP contribution >= 0.6 is 23.8 Å². The molecule has 2 aromatic rings. The molecule has 0 radical (unpaired) electrons. The molecule has 18 heavy (non-hydrogen) atoms. The fourth-order valence-electron chi connectivity index (χ4n) is 2.24. The molecule has 1 aliphatic heterocycles. The van der Waals surface area contributed by atoms with Crippen LogP contribution < -0.4 is 0 Å². The zero-order chi connectivity index (χ0) is 12.9. The van der Waals surface area contributed by atoms with Crippen LogP contribution in [0.1, 0.15) is 30.0 Å². The lowest BCUT2D eigenvalue weighted by molar-refractivity contribution is 0.327. The van der Waals surface area contributed by atoms with E-state index in [1.54, 1.807) is 0 Å². The van der Waals surface area contributed by atoms with E-state index < -0.39 is 18.0 Å². The van der Waals surface area contributed by atoms with Gasteiger partial charge < -0.3 is 0 Å². The normalized spacial score (nSPS) is 22.2. The first kappa shape index (κ1) is 11.8. The van der Waals surface area contributed by atoms with Gasteiger partial charge in [-0.2, -0.15) is 0 Å². The first-order chi connectivity index (χ1) is 8.56. The standard InChI is InChI=1S/C11H8ClF2N3S/c12-5-1-2-7(13)6(3-5)9-4-8(14)10-15-11(18)16-17(9)10/h1-3,8-9H,4H2,(H,16,18). The molecule has 0 saturated heterocycles. The van der Waals surface area contributed by atoms with Crippen LogP contribution in [0.5, 0.6) is 0 Å². The lowest BCUT2D eigenvalue weighted by Gasteiger charge is -2.13. The van der Waals surface area contributed by atoms with E-state index in [1.165, 1.54) is 22.9 Å². The number of halogens is 3. The maximum absolute atomic E-state index is 13.8. The molecular formula is C11H8ClF2N3S. The van der Waals surface area contributed by atoms with Crippen molar-refractivity contribution in [3.63, 3.8) is 0 Å². The molecule has 0 bridgehead atoms. The molecule has 2 unspecified atom stereocenters. The van der Waals surface area contributed by atoms with E-state index in [4.69, 9.17) is 23.8 Å². The summed E-state index contributed by atoms with van der Waals surface area (Å²) in [6, 6.07) is 3.74. The number of nitrogens with zero attached hydrogens (tertiary/aromatic N) is 2. The fourth-order valence-corrected chi connectivity index (χ4v) is 2.62.